The van der Waals surface area contributed by atoms with Gasteiger partial charge in [-0.05, 0) is 23.6 Å². The molecule has 134 valence electrons. The Labute approximate surface area is 160 Å². The normalized spacial score (nSPS) is 21.9. The Morgan fingerprint density at radius 3 is 2.07 bits per heavy atom. The van der Waals surface area contributed by atoms with Gasteiger partial charge >= 0.3 is 0 Å². The standard InChI is InChI=1S/C25H24N2/c1-2-19-23(17-11-5-3-6-12-17)27-24(18-13-7-4-8-14-18)22-20-15-9-10-16-21(20)26-25(19)22/h3-16,19,23-24,26-27H,2H2,1H3. The number of para-hydroxylation sites is 1. The van der Waals surface area contributed by atoms with Crippen molar-refractivity contribution in [2.75, 3.05) is 0 Å². The van der Waals surface area contributed by atoms with Gasteiger partial charge in [0.05, 0.1) is 6.04 Å². The molecule has 0 amide bonds. The molecule has 27 heavy (non-hydrogen) atoms. The number of aromatic nitrogens is 1. The molecule has 2 N–H and O–H groups in total. The SMILES string of the molecule is CCC1c2[nH]c3ccccc3c2C(c2ccccc2)NC1c1ccccc1. The van der Waals surface area contributed by atoms with Gasteiger partial charge in [0.1, 0.15) is 0 Å². The van der Waals surface area contributed by atoms with Crippen molar-refractivity contribution >= 4 is 10.9 Å². The summed E-state index contributed by atoms with van der Waals surface area (Å²) >= 11 is 0. The Balaban J connectivity index is 1.74. The van der Waals surface area contributed by atoms with E-state index in [4.69, 9.17) is 0 Å². The molecular formula is C25H24N2. The highest BCUT2D eigenvalue weighted by Gasteiger charge is 2.37. The second-order valence-corrected chi connectivity index (χ2v) is 7.41. The van der Waals surface area contributed by atoms with Crippen LogP contribution in [0.4, 0.5) is 0 Å². The van der Waals surface area contributed by atoms with Gasteiger partial charge in [-0.15, -0.1) is 0 Å². The molecule has 3 atom stereocenters. The van der Waals surface area contributed by atoms with Gasteiger partial charge in [0, 0.05) is 34.1 Å². The summed E-state index contributed by atoms with van der Waals surface area (Å²) in [5.74, 6) is 0.426. The van der Waals surface area contributed by atoms with Gasteiger partial charge in [-0.25, -0.2) is 0 Å². The fourth-order valence-electron chi connectivity index (χ4n) is 4.67. The lowest BCUT2D eigenvalue weighted by Crippen LogP contribution is -2.36. The van der Waals surface area contributed by atoms with E-state index in [0.29, 0.717) is 12.0 Å². The Hall–Kier alpha value is -2.84. The summed E-state index contributed by atoms with van der Waals surface area (Å²) in [6, 6.07) is 30.9. The van der Waals surface area contributed by atoms with Gasteiger partial charge in [0.25, 0.3) is 0 Å². The quantitative estimate of drug-likeness (QED) is 0.458. The first-order valence-corrected chi connectivity index (χ1v) is 9.83. The van der Waals surface area contributed by atoms with Gasteiger partial charge in [-0.3, -0.25) is 5.32 Å². The van der Waals surface area contributed by atoms with E-state index in [9.17, 15) is 0 Å². The number of fused-ring (bicyclic) bond motifs is 3. The highest BCUT2D eigenvalue weighted by Crippen LogP contribution is 2.47. The molecule has 3 aromatic carbocycles. The minimum absolute atomic E-state index is 0.186. The average Bonchev–Trinajstić information content (AvgIpc) is 3.13. The second-order valence-electron chi connectivity index (χ2n) is 7.41. The summed E-state index contributed by atoms with van der Waals surface area (Å²) in [6.07, 6.45) is 1.09. The van der Waals surface area contributed by atoms with Crippen LogP contribution < -0.4 is 5.32 Å². The molecular weight excluding hydrogens is 328 g/mol. The predicted octanol–water partition coefficient (Wildman–Crippen LogP) is 6.10. The smallest absolute Gasteiger partial charge is 0.0605 e. The van der Waals surface area contributed by atoms with Crippen LogP contribution in [0, 0.1) is 0 Å². The van der Waals surface area contributed by atoms with Gasteiger partial charge in [0.2, 0.25) is 0 Å². The number of rotatable bonds is 3. The van der Waals surface area contributed by atoms with Crippen molar-refractivity contribution in [2.24, 2.45) is 0 Å². The summed E-state index contributed by atoms with van der Waals surface area (Å²) in [7, 11) is 0. The fourth-order valence-corrected chi connectivity index (χ4v) is 4.67. The van der Waals surface area contributed by atoms with Crippen molar-refractivity contribution in [2.45, 2.75) is 31.3 Å². The molecule has 2 heteroatoms. The van der Waals surface area contributed by atoms with E-state index < -0.39 is 0 Å². The van der Waals surface area contributed by atoms with Gasteiger partial charge in [-0.1, -0.05) is 85.8 Å². The third kappa shape index (κ3) is 2.68. The van der Waals surface area contributed by atoms with Crippen LogP contribution in [-0.2, 0) is 0 Å². The van der Waals surface area contributed by atoms with Crippen molar-refractivity contribution in [1.29, 1.82) is 0 Å². The first-order valence-electron chi connectivity index (χ1n) is 9.83. The molecule has 0 bridgehead atoms. The number of hydrogen-bond donors (Lipinski definition) is 2. The monoisotopic (exact) mass is 352 g/mol. The average molecular weight is 352 g/mol. The lowest BCUT2D eigenvalue weighted by atomic mass is 9.79. The zero-order valence-corrected chi connectivity index (χ0v) is 15.5. The van der Waals surface area contributed by atoms with Gasteiger partial charge in [-0.2, -0.15) is 0 Å². The molecule has 0 radical (unpaired) electrons. The largest absolute Gasteiger partial charge is 0.358 e. The molecule has 3 unspecified atom stereocenters. The van der Waals surface area contributed by atoms with E-state index >= 15 is 0 Å². The van der Waals surface area contributed by atoms with Crippen LogP contribution in [-0.4, -0.2) is 4.98 Å². The molecule has 1 aromatic heterocycles. The topological polar surface area (TPSA) is 27.8 Å². The Kier molecular flexibility index (Phi) is 4.06. The van der Waals surface area contributed by atoms with E-state index in [2.05, 4.69) is 102 Å². The lowest BCUT2D eigenvalue weighted by molar-refractivity contribution is 0.371. The molecule has 2 heterocycles. The van der Waals surface area contributed by atoms with Crippen LogP contribution in [0.25, 0.3) is 10.9 Å². The minimum atomic E-state index is 0.186. The zero-order valence-electron chi connectivity index (χ0n) is 15.5. The summed E-state index contributed by atoms with van der Waals surface area (Å²) in [5.41, 5.74) is 6.71. The van der Waals surface area contributed by atoms with Crippen LogP contribution in [0.2, 0.25) is 0 Å². The number of aromatic amines is 1. The van der Waals surface area contributed by atoms with Crippen molar-refractivity contribution in [3.8, 4) is 0 Å². The maximum atomic E-state index is 4.00. The maximum Gasteiger partial charge on any atom is 0.0605 e. The molecule has 0 aliphatic carbocycles. The van der Waals surface area contributed by atoms with Crippen LogP contribution >= 0.6 is 0 Å². The van der Waals surface area contributed by atoms with E-state index in [1.54, 1.807) is 0 Å². The zero-order chi connectivity index (χ0) is 18.2. The first-order chi connectivity index (χ1) is 13.4. The highest BCUT2D eigenvalue weighted by atomic mass is 15.0. The fraction of sp³-hybridized carbons (Fsp3) is 0.200. The van der Waals surface area contributed by atoms with E-state index in [-0.39, 0.29) is 6.04 Å². The summed E-state index contributed by atoms with van der Waals surface area (Å²) < 4.78 is 0. The van der Waals surface area contributed by atoms with Crippen molar-refractivity contribution in [1.82, 2.24) is 10.3 Å². The number of H-pyrrole nitrogens is 1. The maximum absolute atomic E-state index is 4.00. The minimum Gasteiger partial charge on any atom is -0.358 e. The number of hydrogen-bond acceptors (Lipinski definition) is 1. The van der Waals surface area contributed by atoms with E-state index in [0.717, 1.165) is 6.42 Å². The third-order valence-electron chi connectivity index (χ3n) is 5.92. The van der Waals surface area contributed by atoms with E-state index in [1.165, 1.54) is 33.3 Å². The summed E-state index contributed by atoms with van der Waals surface area (Å²) in [4.78, 5) is 3.78. The molecule has 5 rings (SSSR count). The second kappa shape index (κ2) is 6.71. The van der Waals surface area contributed by atoms with Crippen LogP contribution in [0.3, 0.4) is 0 Å². The van der Waals surface area contributed by atoms with Crippen LogP contribution in [0.1, 0.15) is 53.7 Å². The summed E-state index contributed by atoms with van der Waals surface area (Å²) in [6.45, 7) is 2.29. The molecule has 0 spiro atoms. The molecule has 0 saturated carbocycles. The Morgan fingerprint density at radius 2 is 1.37 bits per heavy atom. The van der Waals surface area contributed by atoms with Gasteiger partial charge < -0.3 is 4.98 Å². The molecule has 0 saturated heterocycles. The molecule has 4 aromatic rings. The van der Waals surface area contributed by atoms with Crippen LogP contribution in [0.5, 0.6) is 0 Å². The first kappa shape index (κ1) is 16.3. The molecule has 2 nitrogen and oxygen atoms in total. The van der Waals surface area contributed by atoms with Gasteiger partial charge in [0.15, 0.2) is 0 Å². The number of nitrogens with one attached hydrogen (secondary N) is 2. The lowest BCUT2D eigenvalue weighted by Gasteiger charge is -2.38. The van der Waals surface area contributed by atoms with Crippen molar-refractivity contribution < 1.29 is 0 Å². The molecule has 1 aliphatic rings. The van der Waals surface area contributed by atoms with Crippen molar-refractivity contribution in [3.63, 3.8) is 0 Å². The predicted molar refractivity (Wildman–Crippen MR) is 112 cm³/mol. The molecule has 0 fully saturated rings. The Morgan fingerprint density at radius 1 is 0.741 bits per heavy atom. The molecule has 1 aliphatic heterocycles. The Bertz CT molecular complexity index is 1050. The van der Waals surface area contributed by atoms with E-state index in [1.807, 2.05) is 0 Å². The third-order valence-corrected chi connectivity index (χ3v) is 5.92. The van der Waals surface area contributed by atoms with Crippen molar-refractivity contribution in [3.05, 3.63) is 107 Å². The highest BCUT2D eigenvalue weighted by molar-refractivity contribution is 5.86. The van der Waals surface area contributed by atoms with Crippen LogP contribution in [0.15, 0.2) is 84.9 Å². The summed E-state index contributed by atoms with van der Waals surface area (Å²) in [5, 5.41) is 5.33. The number of benzene rings is 3.